The highest BCUT2D eigenvalue weighted by Gasteiger charge is 1.94. The minimum Gasteiger partial charge on any atom is -0.479 e. The molecular formula is C14H18N2O. The molecule has 0 spiro atoms. The van der Waals surface area contributed by atoms with E-state index in [0.717, 1.165) is 18.8 Å². The molecule has 1 rings (SSSR count). The molecule has 1 aromatic carbocycles. The van der Waals surface area contributed by atoms with Crippen molar-refractivity contribution >= 4 is 0 Å². The summed E-state index contributed by atoms with van der Waals surface area (Å²) in [7, 11) is 0. The summed E-state index contributed by atoms with van der Waals surface area (Å²) in [5, 5.41) is 11.7. The van der Waals surface area contributed by atoms with Crippen LogP contribution in [-0.4, -0.2) is 13.2 Å². The van der Waals surface area contributed by atoms with E-state index in [1.54, 1.807) is 0 Å². The van der Waals surface area contributed by atoms with Crippen molar-refractivity contribution in [3.63, 3.8) is 0 Å². The molecule has 0 aliphatic rings. The predicted octanol–water partition coefficient (Wildman–Crippen LogP) is 2.64. The van der Waals surface area contributed by atoms with Crippen LogP contribution in [0.5, 0.6) is 5.75 Å². The quantitative estimate of drug-likeness (QED) is 0.603. The Kier molecular flexibility index (Phi) is 5.84. The Hall–Kier alpha value is -1.79. The molecule has 0 fully saturated rings. The van der Waals surface area contributed by atoms with Gasteiger partial charge in [0.1, 0.15) is 11.8 Å². The number of nitriles is 1. The first-order chi connectivity index (χ1) is 8.22. The summed E-state index contributed by atoms with van der Waals surface area (Å²) in [6.45, 7) is 5.99. The highest BCUT2D eigenvalue weighted by Crippen LogP contribution is 2.11. The van der Waals surface area contributed by atoms with Crippen molar-refractivity contribution in [1.29, 1.82) is 5.26 Å². The molecule has 90 valence electrons. The van der Waals surface area contributed by atoms with E-state index < -0.39 is 0 Å². The van der Waals surface area contributed by atoms with Crippen LogP contribution in [-0.2, 0) is 6.54 Å². The average molecular weight is 230 g/mol. The van der Waals surface area contributed by atoms with E-state index >= 15 is 0 Å². The Labute approximate surface area is 103 Å². The number of benzene rings is 1. The van der Waals surface area contributed by atoms with Gasteiger partial charge in [-0.2, -0.15) is 5.26 Å². The van der Waals surface area contributed by atoms with Gasteiger partial charge in [-0.1, -0.05) is 23.8 Å². The standard InChI is InChI=1S/C14H18N2O/c1-12(2)7-9-16-11-13-3-5-14(6-4-13)17-10-8-15/h3-7,16H,9-11H2,1-2H3. The summed E-state index contributed by atoms with van der Waals surface area (Å²) < 4.78 is 5.18. The smallest absolute Gasteiger partial charge is 0.174 e. The number of allylic oxidation sites excluding steroid dienone is 1. The fourth-order valence-electron chi connectivity index (χ4n) is 1.31. The monoisotopic (exact) mass is 230 g/mol. The van der Waals surface area contributed by atoms with Crippen molar-refractivity contribution in [1.82, 2.24) is 5.32 Å². The molecule has 1 N–H and O–H groups in total. The molecule has 0 radical (unpaired) electrons. The lowest BCUT2D eigenvalue weighted by molar-refractivity contribution is 0.368. The van der Waals surface area contributed by atoms with Gasteiger partial charge in [-0.15, -0.1) is 0 Å². The summed E-state index contributed by atoms with van der Waals surface area (Å²) in [4.78, 5) is 0. The lowest BCUT2D eigenvalue weighted by Crippen LogP contribution is -2.12. The summed E-state index contributed by atoms with van der Waals surface area (Å²) in [5.74, 6) is 0.736. The topological polar surface area (TPSA) is 45.0 Å². The molecule has 0 heterocycles. The number of nitrogens with one attached hydrogen (secondary N) is 1. The van der Waals surface area contributed by atoms with Crippen LogP contribution in [0.4, 0.5) is 0 Å². The molecule has 0 amide bonds. The van der Waals surface area contributed by atoms with Crippen LogP contribution in [0.25, 0.3) is 0 Å². The Balaban J connectivity index is 2.35. The van der Waals surface area contributed by atoms with Gasteiger partial charge in [-0.3, -0.25) is 0 Å². The summed E-state index contributed by atoms with van der Waals surface area (Å²) in [6.07, 6.45) is 2.16. The molecule has 3 nitrogen and oxygen atoms in total. The molecule has 1 aromatic rings. The van der Waals surface area contributed by atoms with Gasteiger partial charge in [-0.25, -0.2) is 0 Å². The highest BCUT2D eigenvalue weighted by atomic mass is 16.5. The SMILES string of the molecule is CC(C)=CCNCc1ccc(OCC#N)cc1. The van der Waals surface area contributed by atoms with Crippen molar-refractivity contribution < 1.29 is 4.74 Å². The van der Waals surface area contributed by atoms with E-state index in [2.05, 4.69) is 25.2 Å². The van der Waals surface area contributed by atoms with Crippen LogP contribution in [0.15, 0.2) is 35.9 Å². The van der Waals surface area contributed by atoms with Crippen molar-refractivity contribution in [3.8, 4) is 11.8 Å². The van der Waals surface area contributed by atoms with Crippen LogP contribution < -0.4 is 10.1 Å². The summed E-state index contributed by atoms with van der Waals surface area (Å²) >= 11 is 0. The average Bonchev–Trinajstić information content (AvgIpc) is 2.33. The maximum atomic E-state index is 8.38. The summed E-state index contributed by atoms with van der Waals surface area (Å²) in [5.41, 5.74) is 2.52. The van der Waals surface area contributed by atoms with Gasteiger partial charge >= 0.3 is 0 Å². The predicted molar refractivity (Wildman–Crippen MR) is 68.7 cm³/mol. The lowest BCUT2D eigenvalue weighted by atomic mass is 10.2. The van der Waals surface area contributed by atoms with Gasteiger partial charge in [0, 0.05) is 13.1 Å². The fraction of sp³-hybridized carbons (Fsp3) is 0.357. The van der Waals surface area contributed by atoms with Crippen molar-refractivity contribution in [2.45, 2.75) is 20.4 Å². The third-order valence-electron chi connectivity index (χ3n) is 2.21. The molecule has 0 aliphatic carbocycles. The van der Waals surface area contributed by atoms with Gasteiger partial charge in [0.25, 0.3) is 0 Å². The Morgan fingerprint density at radius 1 is 1.35 bits per heavy atom. The van der Waals surface area contributed by atoms with Gasteiger partial charge in [0.05, 0.1) is 0 Å². The zero-order valence-corrected chi connectivity index (χ0v) is 10.4. The van der Waals surface area contributed by atoms with E-state index in [-0.39, 0.29) is 6.61 Å². The van der Waals surface area contributed by atoms with E-state index in [9.17, 15) is 0 Å². The van der Waals surface area contributed by atoms with Gasteiger partial charge in [0.15, 0.2) is 6.61 Å². The number of hydrogen-bond acceptors (Lipinski definition) is 3. The van der Waals surface area contributed by atoms with Crippen molar-refractivity contribution in [2.24, 2.45) is 0 Å². The molecular weight excluding hydrogens is 212 g/mol. The highest BCUT2D eigenvalue weighted by molar-refractivity contribution is 5.27. The maximum Gasteiger partial charge on any atom is 0.174 e. The molecule has 0 bridgehead atoms. The third kappa shape index (κ3) is 5.74. The summed E-state index contributed by atoms with van der Waals surface area (Å²) in [6, 6.07) is 9.72. The maximum absolute atomic E-state index is 8.38. The van der Waals surface area contributed by atoms with Crippen LogP contribution in [0.2, 0.25) is 0 Å². The number of hydrogen-bond donors (Lipinski definition) is 1. The largest absolute Gasteiger partial charge is 0.479 e. The minimum atomic E-state index is 0.0954. The molecule has 0 aliphatic heterocycles. The van der Waals surface area contributed by atoms with Gasteiger partial charge in [0.2, 0.25) is 0 Å². The van der Waals surface area contributed by atoms with Crippen molar-refractivity contribution in [3.05, 3.63) is 41.5 Å². The zero-order chi connectivity index (χ0) is 12.5. The van der Waals surface area contributed by atoms with E-state index in [1.807, 2.05) is 30.3 Å². The Bertz CT molecular complexity index is 397. The number of rotatable bonds is 6. The van der Waals surface area contributed by atoms with Crippen LogP contribution >= 0.6 is 0 Å². The molecule has 0 aromatic heterocycles. The third-order valence-corrected chi connectivity index (χ3v) is 2.21. The van der Waals surface area contributed by atoms with E-state index in [1.165, 1.54) is 11.1 Å². The lowest BCUT2D eigenvalue weighted by Gasteiger charge is -2.05. The Morgan fingerprint density at radius 3 is 2.65 bits per heavy atom. The number of ether oxygens (including phenoxy) is 1. The van der Waals surface area contributed by atoms with E-state index in [0.29, 0.717) is 0 Å². The van der Waals surface area contributed by atoms with Crippen LogP contribution in [0.1, 0.15) is 19.4 Å². The van der Waals surface area contributed by atoms with Crippen molar-refractivity contribution in [2.75, 3.05) is 13.2 Å². The van der Waals surface area contributed by atoms with Crippen LogP contribution in [0, 0.1) is 11.3 Å². The molecule has 0 atom stereocenters. The molecule has 17 heavy (non-hydrogen) atoms. The molecule has 0 saturated heterocycles. The van der Waals surface area contributed by atoms with E-state index in [4.69, 9.17) is 10.00 Å². The molecule has 3 heteroatoms. The number of nitrogens with zero attached hydrogens (tertiary/aromatic N) is 1. The second-order valence-corrected chi connectivity index (χ2v) is 4.00. The minimum absolute atomic E-state index is 0.0954. The first-order valence-corrected chi connectivity index (χ1v) is 5.65. The molecule has 0 saturated carbocycles. The van der Waals surface area contributed by atoms with Gasteiger partial charge in [-0.05, 0) is 31.5 Å². The zero-order valence-electron chi connectivity index (χ0n) is 10.4. The van der Waals surface area contributed by atoms with Crippen LogP contribution in [0.3, 0.4) is 0 Å². The first-order valence-electron chi connectivity index (χ1n) is 5.65. The normalized spacial score (nSPS) is 9.47. The second kappa shape index (κ2) is 7.48. The fourth-order valence-corrected chi connectivity index (χ4v) is 1.31. The second-order valence-electron chi connectivity index (χ2n) is 4.00. The molecule has 0 unspecified atom stereocenters. The first kappa shape index (κ1) is 13.3. The van der Waals surface area contributed by atoms with Gasteiger partial charge < -0.3 is 10.1 Å². The Morgan fingerprint density at radius 2 is 2.06 bits per heavy atom.